The largest absolute Gasteiger partial charge is 0.377 e. The van der Waals surface area contributed by atoms with Crippen LogP contribution in [-0.4, -0.2) is 42.4 Å². The SMILES string of the molecule is CCNc1cc(NCC(C)(C)OC)nc(COCC)n1. The number of hydrogen-bond donors (Lipinski definition) is 2. The summed E-state index contributed by atoms with van der Waals surface area (Å²) in [5.41, 5.74) is -0.247. The van der Waals surface area contributed by atoms with Crippen molar-refractivity contribution in [1.29, 1.82) is 0 Å². The summed E-state index contributed by atoms with van der Waals surface area (Å²) in [6.07, 6.45) is 0. The molecule has 0 saturated carbocycles. The van der Waals surface area contributed by atoms with Gasteiger partial charge in [0.15, 0.2) is 5.82 Å². The van der Waals surface area contributed by atoms with Gasteiger partial charge in [-0.2, -0.15) is 0 Å². The van der Waals surface area contributed by atoms with Crippen LogP contribution >= 0.6 is 0 Å². The zero-order valence-electron chi connectivity index (χ0n) is 13.1. The van der Waals surface area contributed by atoms with Crippen LogP contribution in [0.25, 0.3) is 0 Å². The van der Waals surface area contributed by atoms with Gasteiger partial charge in [-0.15, -0.1) is 0 Å². The van der Waals surface area contributed by atoms with E-state index in [1.165, 1.54) is 0 Å². The fourth-order valence-corrected chi connectivity index (χ4v) is 1.49. The quantitative estimate of drug-likeness (QED) is 0.724. The summed E-state index contributed by atoms with van der Waals surface area (Å²) in [5.74, 6) is 2.24. The van der Waals surface area contributed by atoms with Gasteiger partial charge in [0.25, 0.3) is 0 Å². The van der Waals surface area contributed by atoms with Crippen molar-refractivity contribution in [3.63, 3.8) is 0 Å². The maximum absolute atomic E-state index is 5.39. The Bertz CT molecular complexity index is 410. The molecule has 0 saturated heterocycles. The molecule has 114 valence electrons. The van der Waals surface area contributed by atoms with Gasteiger partial charge < -0.3 is 20.1 Å². The first-order valence-electron chi connectivity index (χ1n) is 6.99. The second-order valence-electron chi connectivity index (χ2n) is 5.04. The van der Waals surface area contributed by atoms with Crippen LogP contribution in [0.4, 0.5) is 11.6 Å². The lowest BCUT2D eigenvalue weighted by Crippen LogP contribution is -2.32. The van der Waals surface area contributed by atoms with E-state index in [-0.39, 0.29) is 5.60 Å². The maximum Gasteiger partial charge on any atom is 0.158 e. The maximum atomic E-state index is 5.39. The molecule has 6 heteroatoms. The minimum Gasteiger partial charge on any atom is -0.377 e. The second kappa shape index (κ2) is 8.01. The molecule has 2 N–H and O–H groups in total. The Kier molecular flexibility index (Phi) is 6.67. The number of nitrogens with zero attached hydrogens (tertiary/aromatic N) is 2. The van der Waals surface area contributed by atoms with Crippen LogP contribution in [0.15, 0.2) is 6.07 Å². The van der Waals surface area contributed by atoms with Crippen molar-refractivity contribution in [3.05, 3.63) is 11.9 Å². The van der Waals surface area contributed by atoms with E-state index in [2.05, 4.69) is 20.6 Å². The lowest BCUT2D eigenvalue weighted by molar-refractivity contribution is 0.0343. The summed E-state index contributed by atoms with van der Waals surface area (Å²) >= 11 is 0. The number of methoxy groups -OCH3 is 1. The third-order valence-electron chi connectivity index (χ3n) is 2.81. The topological polar surface area (TPSA) is 68.3 Å². The molecule has 0 bridgehead atoms. The van der Waals surface area contributed by atoms with E-state index in [9.17, 15) is 0 Å². The van der Waals surface area contributed by atoms with Gasteiger partial charge in [-0.05, 0) is 27.7 Å². The number of nitrogens with one attached hydrogen (secondary N) is 2. The first kappa shape index (κ1) is 16.7. The van der Waals surface area contributed by atoms with Gasteiger partial charge in [-0.1, -0.05) is 0 Å². The van der Waals surface area contributed by atoms with Gasteiger partial charge in [-0.3, -0.25) is 0 Å². The van der Waals surface area contributed by atoms with E-state index in [0.717, 1.165) is 18.2 Å². The number of anilines is 2. The summed E-state index contributed by atoms with van der Waals surface area (Å²) in [7, 11) is 1.70. The molecule has 20 heavy (non-hydrogen) atoms. The van der Waals surface area contributed by atoms with E-state index in [1.807, 2.05) is 33.8 Å². The second-order valence-corrected chi connectivity index (χ2v) is 5.04. The number of ether oxygens (including phenoxy) is 2. The lowest BCUT2D eigenvalue weighted by Gasteiger charge is -2.23. The van der Waals surface area contributed by atoms with Gasteiger partial charge in [-0.25, -0.2) is 9.97 Å². The highest BCUT2D eigenvalue weighted by Crippen LogP contribution is 2.14. The van der Waals surface area contributed by atoms with Crippen LogP contribution in [0, 0.1) is 0 Å². The van der Waals surface area contributed by atoms with Gasteiger partial charge >= 0.3 is 0 Å². The fraction of sp³-hybridized carbons (Fsp3) is 0.714. The predicted molar refractivity (Wildman–Crippen MR) is 81.1 cm³/mol. The summed E-state index contributed by atoms with van der Waals surface area (Å²) in [6, 6.07) is 1.89. The number of hydrogen-bond acceptors (Lipinski definition) is 6. The fourth-order valence-electron chi connectivity index (χ4n) is 1.49. The Morgan fingerprint density at radius 3 is 2.35 bits per heavy atom. The molecular formula is C14H26N4O2. The molecule has 0 unspecified atom stereocenters. The van der Waals surface area contributed by atoms with Crippen molar-refractivity contribution in [2.45, 2.75) is 39.9 Å². The first-order valence-corrected chi connectivity index (χ1v) is 6.99. The summed E-state index contributed by atoms with van der Waals surface area (Å²) in [5, 5.41) is 6.48. The zero-order chi connectivity index (χ0) is 15.0. The average Bonchev–Trinajstić information content (AvgIpc) is 2.43. The van der Waals surface area contributed by atoms with Crippen molar-refractivity contribution in [1.82, 2.24) is 9.97 Å². The monoisotopic (exact) mass is 282 g/mol. The van der Waals surface area contributed by atoms with Gasteiger partial charge in [0.1, 0.15) is 18.2 Å². The van der Waals surface area contributed by atoms with Crippen molar-refractivity contribution in [2.24, 2.45) is 0 Å². The zero-order valence-corrected chi connectivity index (χ0v) is 13.1. The molecule has 1 aromatic heterocycles. The van der Waals surface area contributed by atoms with Crippen molar-refractivity contribution in [3.8, 4) is 0 Å². The number of rotatable bonds is 9. The van der Waals surface area contributed by atoms with Crippen LogP contribution in [0.5, 0.6) is 0 Å². The Hall–Kier alpha value is -1.40. The molecule has 0 aliphatic heterocycles. The van der Waals surface area contributed by atoms with Gasteiger partial charge in [0.05, 0.1) is 5.60 Å². The summed E-state index contributed by atoms with van der Waals surface area (Å²) in [6.45, 7) is 10.6. The van der Waals surface area contributed by atoms with Gasteiger partial charge in [0, 0.05) is 32.9 Å². The summed E-state index contributed by atoms with van der Waals surface area (Å²) in [4.78, 5) is 8.85. The molecule has 0 atom stereocenters. The summed E-state index contributed by atoms with van der Waals surface area (Å²) < 4.78 is 10.8. The molecule has 1 heterocycles. The van der Waals surface area contributed by atoms with Gasteiger partial charge in [0.2, 0.25) is 0 Å². The Morgan fingerprint density at radius 2 is 1.80 bits per heavy atom. The Morgan fingerprint density at radius 1 is 1.15 bits per heavy atom. The van der Waals surface area contributed by atoms with Crippen molar-refractivity contribution < 1.29 is 9.47 Å². The molecule has 1 rings (SSSR count). The molecule has 0 amide bonds. The Balaban J connectivity index is 2.79. The predicted octanol–water partition coefficient (Wildman–Crippen LogP) is 2.28. The average molecular weight is 282 g/mol. The van der Waals surface area contributed by atoms with E-state index >= 15 is 0 Å². The third-order valence-corrected chi connectivity index (χ3v) is 2.81. The third kappa shape index (κ3) is 5.71. The van der Waals surface area contributed by atoms with Crippen LogP contribution < -0.4 is 10.6 Å². The standard InChI is InChI=1S/C14H26N4O2/c1-6-15-11-8-12(16-10-14(3,4)19-5)18-13(17-11)9-20-7-2/h8H,6-7,9-10H2,1-5H3,(H2,15,16,17,18). The molecule has 0 aliphatic rings. The van der Waals surface area contributed by atoms with Crippen LogP contribution in [0.3, 0.4) is 0 Å². The Labute approximate surface area is 121 Å². The highest BCUT2D eigenvalue weighted by molar-refractivity contribution is 5.47. The van der Waals surface area contributed by atoms with E-state index in [4.69, 9.17) is 9.47 Å². The van der Waals surface area contributed by atoms with E-state index in [1.54, 1.807) is 7.11 Å². The normalized spacial score (nSPS) is 11.4. The molecule has 1 aromatic rings. The van der Waals surface area contributed by atoms with E-state index in [0.29, 0.717) is 25.6 Å². The lowest BCUT2D eigenvalue weighted by atomic mass is 10.1. The highest BCUT2D eigenvalue weighted by Gasteiger charge is 2.16. The van der Waals surface area contributed by atoms with Crippen LogP contribution in [-0.2, 0) is 16.1 Å². The minimum atomic E-state index is -0.247. The molecule has 0 aliphatic carbocycles. The number of aromatic nitrogens is 2. The molecule has 0 radical (unpaired) electrons. The minimum absolute atomic E-state index is 0.247. The van der Waals surface area contributed by atoms with Crippen molar-refractivity contribution >= 4 is 11.6 Å². The smallest absolute Gasteiger partial charge is 0.158 e. The molecule has 0 aromatic carbocycles. The van der Waals surface area contributed by atoms with Crippen LogP contribution in [0.2, 0.25) is 0 Å². The van der Waals surface area contributed by atoms with Crippen LogP contribution in [0.1, 0.15) is 33.5 Å². The molecular weight excluding hydrogens is 256 g/mol. The first-order chi connectivity index (χ1) is 9.50. The van der Waals surface area contributed by atoms with E-state index < -0.39 is 0 Å². The van der Waals surface area contributed by atoms with Crippen molar-refractivity contribution in [2.75, 3.05) is 37.4 Å². The molecule has 0 fully saturated rings. The molecule has 0 spiro atoms. The highest BCUT2D eigenvalue weighted by atomic mass is 16.5. The molecule has 6 nitrogen and oxygen atoms in total.